The summed E-state index contributed by atoms with van der Waals surface area (Å²) in [5.74, 6) is 0. The highest BCUT2D eigenvalue weighted by atomic mass is 15.1. The molecule has 11 aromatic carbocycles. The van der Waals surface area contributed by atoms with E-state index in [4.69, 9.17) is 0 Å². The van der Waals surface area contributed by atoms with Gasteiger partial charge < -0.3 is 4.90 Å². The predicted molar refractivity (Wildman–Crippen MR) is 270 cm³/mol. The van der Waals surface area contributed by atoms with Crippen molar-refractivity contribution in [3.8, 4) is 44.5 Å². The topological polar surface area (TPSA) is 3.24 Å². The van der Waals surface area contributed by atoms with Crippen molar-refractivity contribution in [1.29, 1.82) is 0 Å². The molecule has 0 N–H and O–H groups in total. The fraction of sp³-hybridized carbons (Fsp3) is 0.0159. The Morgan fingerprint density at radius 2 is 0.703 bits per heavy atom. The van der Waals surface area contributed by atoms with Crippen LogP contribution in [0.2, 0.25) is 0 Å². The van der Waals surface area contributed by atoms with Crippen molar-refractivity contribution in [3.05, 3.63) is 283 Å². The van der Waals surface area contributed by atoms with Gasteiger partial charge in [-0.05, 0) is 102 Å². The van der Waals surface area contributed by atoms with Gasteiger partial charge in [0, 0.05) is 16.6 Å². The van der Waals surface area contributed by atoms with Gasteiger partial charge in [0.05, 0.1) is 16.8 Å². The Bertz CT molecular complexity index is 3430. The normalized spacial score (nSPS) is 12.5. The molecule has 12 rings (SSSR count). The van der Waals surface area contributed by atoms with Gasteiger partial charge in [-0.1, -0.05) is 237 Å². The monoisotopic (exact) mass is 813 g/mol. The van der Waals surface area contributed by atoms with Gasteiger partial charge in [-0.2, -0.15) is 0 Å². The van der Waals surface area contributed by atoms with Crippen LogP contribution in [-0.2, 0) is 5.41 Å². The van der Waals surface area contributed by atoms with Crippen molar-refractivity contribution in [2.75, 3.05) is 4.90 Å². The van der Waals surface area contributed by atoms with E-state index in [1.807, 2.05) is 0 Å². The molecule has 0 bridgehead atoms. The third-order valence-electron chi connectivity index (χ3n) is 13.4. The Labute approximate surface area is 374 Å². The second-order valence-electron chi connectivity index (χ2n) is 16.8. The number of anilines is 3. The summed E-state index contributed by atoms with van der Waals surface area (Å²) in [4.78, 5) is 2.45. The van der Waals surface area contributed by atoms with E-state index in [9.17, 15) is 0 Å². The maximum Gasteiger partial charge on any atom is 0.0713 e. The molecule has 0 unspecified atom stereocenters. The second-order valence-corrected chi connectivity index (χ2v) is 16.8. The number of rotatable bonds is 8. The van der Waals surface area contributed by atoms with Crippen molar-refractivity contribution < 1.29 is 0 Å². The van der Waals surface area contributed by atoms with E-state index >= 15 is 0 Å². The summed E-state index contributed by atoms with van der Waals surface area (Å²) in [7, 11) is 0. The van der Waals surface area contributed by atoms with E-state index in [-0.39, 0.29) is 0 Å². The van der Waals surface area contributed by atoms with E-state index in [0.29, 0.717) is 0 Å². The summed E-state index contributed by atoms with van der Waals surface area (Å²) in [5, 5.41) is 4.92. The summed E-state index contributed by atoms with van der Waals surface area (Å²) >= 11 is 0. The number of benzene rings is 11. The lowest BCUT2D eigenvalue weighted by atomic mass is 9.67. The Hall–Kier alpha value is -8.26. The average molecular weight is 814 g/mol. The van der Waals surface area contributed by atoms with E-state index in [1.54, 1.807) is 0 Å². The summed E-state index contributed by atoms with van der Waals surface area (Å²) in [6.07, 6.45) is 0. The number of hydrogen-bond donors (Lipinski definition) is 0. The molecule has 1 aliphatic carbocycles. The van der Waals surface area contributed by atoms with Crippen LogP contribution in [0.5, 0.6) is 0 Å². The molecule has 64 heavy (non-hydrogen) atoms. The standard InChI is InChI=1S/C63H43N/c1-3-22-49(23-4-1)63(50-24-5-2-6-25-50)58-32-13-11-29-57(58)62-56(31-17-33-59(62)63)48-40-42-51(43-41-48)64(61-35-16-21-45-19-8-10-27-54(45)61)60-34-14-12-28-55(60)47-38-36-46(37-39-47)53-30-15-20-44-18-7-9-26-52(44)53/h1-43H. The molecule has 300 valence electrons. The van der Waals surface area contributed by atoms with Gasteiger partial charge in [-0.25, -0.2) is 0 Å². The minimum Gasteiger partial charge on any atom is -0.309 e. The molecule has 0 heterocycles. The van der Waals surface area contributed by atoms with Crippen LogP contribution < -0.4 is 4.90 Å². The van der Waals surface area contributed by atoms with Crippen LogP contribution in [0.25, 0.3) is 66.1 Å². The van der Waals surface area contributed by atoms with Gasteiger partial charge in [0.1, 0.15) is 0 Å². The van der Waals surface area contributed by atoms with Crippen molar-refractivity contribution in [2.24, 2.45) is 0 Å². The highest BCUT2D eigenvalue weighted by molar-refractivity contribution is 6.02. The van der Waals surface area contributed by atoms with Gasteiger partial charge >= 0.3 is 0 Å². The fourth-order valence-electron chi connectivity index (χ4n) is 10.6. The first-order valence-electron chi connectivity index (χ1n) is 22.2. The highest BCUT2D eigenvalue weighted by Crippen LogP contribution is 2.58. The van der Waals surface area contributed by atoms with Crippen LogP contribution in [-0.4, -0.2) is 0 Å². The van der Waals surface area contributed by atoms with E-state index in [2.05, 4.69) is 266 Å². The number of hydrogen-bond acceptors (Lipinski definition) is 1. The van der Waals surface area contributed by atoms with E-state index < -0.39 is 5.41 Å². The molecule has 0 aliphatic heterocycles. The molecule has 0 amide bonds. The fourth-order valence-corrected chi connectivity index (χ4v) is 10.6. The zero-order valence-corrected chi connectivity index (χ0v) is 35.3. The first-order chi connectivity index (χ1) is 31.8. The van der Waals surface area contributed by atoms with Crippen LogP contribution >= 0.6 is 0 Å². The Morgan fingerprint density at radius 3 is 1.42 bits per heavy atom. The van der Waals surface area contributed by atoms with Crippen LogP contribution in [0.4, 0.5) is 17.1 Å². The summed E-state index contributed by atoms with van der Waals surface area (Å²) < 4.78 is 0. The van der Waals surface area contributed by atoms with Gasteiger partial charge in [0.2, 0.25) is 0 Å². The molecule has 0 spiro atoms. The lowest BCUT2D eigenvalue weighted by molar-refractivity contribution is 0.768. The largest absolute Gasteiger partial charge is 0.309 e. The molecule has 0 saturated carbocycles. The minimum atomic E-state index is -0.452. The summed E-state index contributed by atoms with van der Waals surface area (Å²) in [6, 6.07) is 95.7. The minimum absolute atomic E-state index is 0.452. The van der Waals surface area contributed by atoms with Gasteiger partial charge in [-0.15, -0.1) is 0 Å². The molecule has 1 nitrogen and oxygen atoms in total. The van der Waals surface area contributed by atoms with Gasteiger partial charge in [-0.3, -0.25) is 0 Å². The molecule has 0 fully saturated rings. The maximum absolute atomic E-state index is 2.45. The average Bonchev–Trinajstić information content (AvgIpc) is 3.69. The molecular formula is C63H43N. The zero-order chi connectivity index (χ0) is 42.5. The maximum atomic E-state index is 2.45. The molecule has 0 aromatic heterocycles. The summed E-state index contributed by atoms with van der Waals surface area (Å²) in [5.41, 5.74) is 17.8. The van der Waals surface area contributed by atoms with Crippen LogP contribution in [0, 0.1) is 0 Å². The van der Waals surface area contributed by atoms with Crippen LogP contribution in [0.15, 0.2) is 261 Å². The third-order valence-corrected chi connectivity index (χ3v) is 13.4. The third kappa shape index (κ3) is 6.01. The molecule has 0 saturated heterocycles. The zero-order valence-electron chi connectivity index (χ0n) is 35.3. The quantitative estimate of drug-likeness (QED) is 0.148. The Balaban J connectivity index is 1.00. The van der Waals surface area contributed by atoms with E-state index in [1.165, 1.54) is 88.3 Å². The van der Waals surface area contributed by atoms with Crippen LogP contribution in [0.3, 0.4) is 0 Å². The molecular weight excluding hydrogens is 771 g/mol. The molecule has 1 aliphatic rings. The lowest BCUT2D eigenvalue weighted by Crippen LogP contribution is -2.28. The first kappa shape index (κ1) is 37.5. The van der Waals surface area contributed by atoms with Crippen molar-refractivity contribution in [2.45, 2.75) is 5.41 Å². The highest BCUT2D eigenvalue weighted by Gasteiger charge is 2.46. The van der Waals surface area contributed by atoms with Crippen molar-refractivity contribution in [1.82, 2.24) is 0 Å². The number of para-hydroxylation sites is 1. The lowest BCUT2D eigenvalue weighted by Gasteiger charge is -2.34. The molecule has 0 radical (unpaired) electrons. The first-order valence-corrected chi connectivity index (χ1v) is 22.2. The Morgan fingerprint density at radius 1 is 0.266 bits per heavy atom. The Kier molecular flexibility index (Phi) is 9.13. The molecule has 0 atom stereocenters. The predicted octanol–water partition coefficient (Wildman–Crippen LogP) is 16.8. The smallest absolute Gasteiger partial charge is 0.0713 e. The molecule has 1 heteroatoms. The number of fused-ring (bicyclic) bond motifs is 5. The second kappa shape index (κ2) is 15.6. The van der Waals surface area contributed by atoms with Gasteiger partial charge in [0.25, 0.3) is 0 Å². The van der Waals surface area contributed by atoms with Crippen molar-refractivity contribution in [3.63, 3.8) is 0 Å². The SMILES string of the molecule is c1ccc(C2(c3ccccc3)c3ccccc3-c3c(-c4ccc(N(c5ccccc5-c5ccc(-c6cccc7ccccc67)cc5)c5cccc6ccccc56)cc4)cccc32)cc1. The van der Waals surface area contributed by atoms with Gasteiger partial charge in [0.15, 0.2) is 0 Å². The van der Waals surface area contributed by atoms with E-state index in [0.717, 1.165) is 17.1 Å². The molecule has 11 aromatic rings. The van der Waals surface area contributed by atoms with Crippen LogP contribution in [0.1, 0.15) is 22.3 Å². The summed E-state index contributed by atoms with van der Waals surface area (Å²) in [6.45, 7) is 0. The number of nitrogens with zero attached hydrogens (tertiary/aromatic N) is 1. The van der Waals surface area contributed by atoms with Crippen molar-refractivity contribution >= 4 is 38.6 Å².